The number of rotatable bonds is 2. The molecule has 0 saturated carbocycles. The van der Waals surface area contributed by atoms with E-state index in [1.165, 1.54) is 0 Å². The molecule has 1 aliphatic heterocycles. The Morgan fingerprint density at radius 3 is 2.58 bits per heavy atom. The molecule has 4 nitrogen and oxygen atoms in total. The van der Waals surface area contributed by atoms with Crippen LogP contribution in [0.1, 0.15) is 25.8 Å². The largest absolute Gasteiger partial charge is 0.364 e. The molecule has 2 rings (SSSR count). The topological polar surface area (TPSA) is 62.9 Å². The quantitative estimate of drug-likeness (QED) is 0.877. The van der Waals surface area contributed by atoms with Gasteiger partial charge in [0, 0.05) is 24.3 Å². The minimum Gasteiger partial charge on any atom is -0.364 e. The molecule has 1 saturated heterocycles. The van der Waals surface area contributed by atoms with Gasteiger partial charge in [0.2, 0.25) is 0 Å². The molecule has 0 spiro atoms. The molecule has 4 heteroatoms. The summed E-state index contributed by atoms with van der Waals surface area (Å²) >= 11 is 0. The van der Waals surface area contributed by atoms with Gasteiger partial charge in [-0.05, 0) is 38.1 Å². The van der Waals surface area contributed by atoms with Crippen molar-refractivity contribution in [1.29, 1.82) is 10.5 Å². The highest BCUT2D eigenvalue weighted by Gasteiger charge is 2.32. The highest BCUT2D eigenvalue weighted by atomic mass is 15.3. The van der Waals surface area contributed by atoms with Crippen molar-refractivity contribution in [2.45, 2.75) is 31.8 Å². The van der Waals surface area contributed by atoms with Crippen molar-refractivity contribution in [3.05, 3.63) is 29.8 Å². The molecule has 0 aliphatic carbocycles. The van der Waals surface area contributed by atoms with Crippen LogP contribution in [0.25, 0.3) is 0 Å². The molecule has 1 heterocycles. The van der Waals surface area contributed by atoms with Gasteiger partial charge in [-0.25, -0.2) is 0 Å². The summed E-state index contributed by atoms with van der Waals surface area (Å²) in [5.74, 6) is 0. The van der Waals surface area contributed by atoms with E-state index < -0.39 is 0 Å². The van der Waals surface area contributed by atoms with Gasteiger partial charge in [-0.2, -0.15) is 10.5 Å². The van der Waals surface area contributed by atoms with Gasteiger partial charge in [-0.1, -0.05) is 0 Å². The monoisotopic (exact) mass is 254 g/mol. The number of nitriles is 2. The smallest absolute Gasteiger partial charge is 0.0991 e. The van der Waals surface area contributed by atoms with Crippen LogP contribution in [0.4, 0.5) is 5.69 Å². The van der Waals surface area contributed by atoms with E-state index in [1.54, 1.807) is 0 Å². The molecule has 0 aromatic heterocycles. The molecule has 98 valence electrons. The molecular formula is C15H18N4. The van der Waals surface area contributed by atoms with E-state index in [4.69, 9.17) is 10.5 Å². The molecule has 0 amide bonds. The maximum atomic E-state index is 8.95. The van der Waals surface area contributed by atoms with E-state index in [0.717, 1.165) is 18.8 Å². The molecule has 0 bridgehead atoms. The molecule has 1 aromatic carbocycles. The SMILES string of the molecule is CC1(C)CN(c2ccc(C#N)cc2)C(CC#N)CN1. The first-order valence-electron chi connectivity index (χ1n) is 6.44. The average molecular weight is 254 g/mol. The summed E-state index contributed by atoms with van der Waals surface area (Å²) in [4.78, 5) is 2.26. The standard InChI is InChI=1S/C15H18N4/c1-15(2)11-19(14(7-8-16)10-18-15)13-5-3-12(9-17)4-6-13/h3-6,14,18H,7,10-11H2,1-2H3. The maximum Gasteiger partial charge on any atom is 0.0991 e. The van der Waals surface area contributed by atoms with Crippen molar-refractivity contribution in [2.75, 3.05) is 18.0 Å². The van der Waals surface area contributed by atoms with Crippen molar-refractivity contribution in [1.82, 2.24) is 5.32 Å². The first-order valence-corrected chi connectivity index (χ1v) is 6.44. The summed E-state index contributed by atoms with van der Waals surface area (Å²) in [6, 6.07) is 12.1. The first-order chi connectivity index (χ1) is 9.05. The van der Waals surface area contributed by atoms with E-state index in [2.05, 4.69) is 36.2 Å². The zero-order valence-electron chi connectivity index (χ0n) is 11.3. The fourth-order valence-corrected chi connectivity index (χ4v) is 2.43. The lowest BCUT2D eigenvalue weighted by molar-refractivity contribution is 0.311. The third kappa shape index (κ3) is 3.05. The molecule has 1 aromatic rings. The van der Waals surface area contributed by atoms with E-state index in [9.17, 15) is 0 Å². The number of hydrogen-bond donors (Lipinski definition) is 1. The molecule has 19 heavy (non-hydrogen) atoms. The van der Waals surface area contributed by atoms with Gasteiger partial charge in [0.1, 0.15) is 0 Å². The second kappa shape index (κ2) is 5.30. The van der Waals surface area contributed by atoms with Crippen molar-refractivity contribution in [2.24, 2.45) is 0 Å². The summed E-state index contributed by atoms with van der Waals surface area (Å²) in [6.07, 6.45) is 0.503. The number of hydrogen-bond acceptors (Lipinski definition) is 4. The molecule has 0 radical (unpaired) electrons. The summed E-state index contributed by atoms with van der Waals surface area (Å²) in [5.41, 5.74) is 1.77. The van der Waals surface area contributed by atoms with Crippen LogP contribution in [-0.2, 0) is 0 Å². The van der Waals surface area contributed by atoms with Crippen LogP contribution in [0, 0.1) is 22.7 Å². The molecule has 1 fully saturated rings. The lowest BCUT2D eigenvalue weighted by Gasteiger charge is -2.45. The Hall–Kier alpha value is -2.04. The highest BCUT2D eigenvalue weighted by molar-refractivity contribution is 5.51. The number of nitrogens with one attached hydrogen (secondary N) is 1. The molecular weight excluding hydrogens is 236 g/mol. The van der Waals surface area contributed by atoms with Crippen LogP contribution < -0.4 is 10.2 Å². The van der Waals surface area contributed by atoms with Gasteiger partial charge in [0.25, 0.3) is 0 Å². The Morgan fingerprint density at radius 2 is 2.00 bits per heavy atom. The number of piperazine rings is 1. The summed E-state index contributed by atoms with van der Waals surface area (Å²) in [6.45, 7) is 5.98. The maximum absolute atomic E-state index is 8.95. The first kappa shape index (κ1) is 13.4. The van der Waals surface area contributed by atoms with E-state index in [1.807, 2.05) is 24.3 Å². The fraction of sp³-hybridized carbons (Fsp3) is 0.467. The van der Waals surface area contributed by atoms with Gasteiger partial charge in [0.15, 0.2) is 0 Å². The van der Waals surface area contributed by atoms with Crippen molar-refractivity contribution >= 4 is 5.69 Å². The van der Waals surface area contributed by atoms with E-state index in [0.29, 0.717) is 12.0 Å². The minimum absolute atomic E-state index is 0.0276. The summed E-state index contributed by atoms with van der Waals surface area (Å²) < 4.78 is 0. The number of anilines is 1. The summed E-state index contributed by atoms with van der Waals surface area (Å²) in [5, 5.41) is 21.3. The van der Waals surface area contributed by atoms with Gasteiger partial charge in [-0.3, -0.25) is 0 Å². The van der Waals surface area contributed by atoms with Gasteiger partial charge >= 0.3 is 0 Å². The Labute approximate surface area is 114 Å². The van der Waals surface area contributed by atoms with Gasteiger partial charge in [0.05, 0.1) is 30.2 Å². The lowest BCUT2D eigenvalue weighted by Crippen LogP contribution is -2.61. The Balaban J connectivity index is 2.26. The van der Waals surface area contributed by atoms with Crippen LogP contribution in [0.15, 0.2) is 24.3 Å². The molecule has 1 unspecified atom stereocenters. The van der Waals surface area contributed by atoms with Crippen molar-refractivity contribution in [3.8, 4) is 12.1 Å². The van der Waals surface area contributed by atoms with E-state index >= 15 is 0 Å². The third-order valence-corrected chi connectivity index (χ3v) is 3.48. The number of benzene rings is 1. The van der Waals surface area contributed by atoms with Crippen LogP contribution in [-0.4, -0.2) is 24.7 Å². The normalized spacial score (nSPS) is 21.5. The third-order valence-electron chi connectivity index (χ3n) is 3.48. The predicted molar refractivity (Wildman–Crippen MR) is 74.6 cm³/mol. The van der Waals surface area contributed by atoms with E-state index in [-0.39, 0.29) is 11.6 Å². The van der Waals surface area contributed by atoms with Crippen LogP contribution in [0.2, 0.25) is 0 Å². The Morgan fingerprint density at radius 1 is 1.32 bits per heavy atom. The zero-order chi connectivity index (χ0) is 13.9. The van der Waals surface area contributed by atoms with Crippen LogP contribution in [0.3, 0.4) is 0 Å². The number of nitrogens with zero attached hydrogens (tertiary/aromatic N) is 3. The fourth-order valence-electron chi connectivity index (χ4n) is 2.43. The predicted octanol–water partition coefficient (Wildman–Crippen LogP) is 2.03. The zero-order valence-corrected chi connectivity index (χ0v) is 11.3. The van der Waals surface area contributed by atoms with Crippen molar-refractivity contribution in [3.63, 3.8) is 0 Å². The van der Waals surface area contributed by atoms with Crippen LogP contribution in [0.5, 0.6) is 0 Å². The van der Waals surface area contributed by atoms with Crippen molar-refractivity contribution < 1.29 is 0 Å². The highest BCUT2D eigenvalue weighted by Crippen LogP contribution is 2.25. The average Bonchev–Trinajstić information content (AvgIpc) is 2.41. The lowest BCUT2D eigenvalue weighted by atomic mass is 9.96. The van der Waals surface area contributed by atoms with Gasteiger partial charge < -0.3 is 10.2 Å². The molecule has 1 N–H and O–H groups in total. The second-order valence-electron chi connectivity index (χ2n) is 5.57. The Bertz CT molecular complexity index is 519. The van der Waals surface area contributed by atoms with Crippen LogP contribution >= 0.6 is 0 Å². The Kier molecular flexibility index (Phi) is 3.74. The minimum atomic E-state index is 0.0276. The summed E-state index contributed by atoms with van der Waals surface area (Å²) in [7, 11) is 0. The molecule has 1 atom stereocenters. The second-order valence-corrected chi connectivity index (χ2v) is 5.57. The molecule has 1 aliphatic rings. The van der Waals surface area contributed by atoms with Gasteiger partial charge in [-0.15, -0.1) is 0 Å².